The van der Waals surface area contributed by atoms with Crippen molar-refractivity contribution in [1.82, 2.24) is 9.88 Å². The van der Waals surface area contributed by atoms with Crippen LogP contribution in [-0.4, -0.2) is 52.4 Å². The van der Waals surface area contributed by atoms with Gasteiger partial charge >= 0.3 is 0 Å². The van der Waals surface area contributed by atoms with E-state index < -0.39 is 0 Å². The van der Waals surface area contributed by atoms with Gasteiger partial charge in [0.1, 0.15) is 10.7 Å². The molecule has 1 atom stereocenters. The summed E-state index contributed by atoms with van der Waals surface area (Å²) in [5.74, 6) is 3.12. The highest BCUT2D eigenvalue weighted by molar-refractivity contribution is 7.99. The molecule has 1 aromatic heterocycles. The minimum Gasteiger partial charge on any atom is -0.336 e. The average Bonchev–Trinajstić information content (AvgIpc) is 2.94. The lowest BCUT2D eigenvalue weighted by Gasteiger charge is -2.25. The lowest BCUT2D eigenvalue weighted by molar-refractivity contribution is 0.0767. The number of hydrogen-bond donors (Lipinski definition) is 1. The van der Waals surface area contributed by atoms with Crippen molar-refractivity contribution in [3.05, 3.63) is 16.1 Å². The van der Waals surface area contributed by atoms with Crippen LogP contribution in [0.15, 0.2) is 5.38 Å². The van der Waals surface area contributed by atoms with Crippen LogP contribution in [0.3, 0.4) is 0 Å². The summed E-state index contributed by atoms with van der Waals surface area (Å²) in [6.07, 6.45) is 2.97. The molecule has 2 N–H and O–H groups in total. The third-order valence-electron chi connectivity index (χ3n) is 2.99. The smallest absolute Gasteiger partial charge is 0.273 e. The van der Waals surface area contributed by atoms with Crippen LogP contribution in [0, 0.1) is 0 Å². The molecule has 4 nitrogen and oxygen atoms in total. The first-order valence-corrected chi connectivity index (χ1v) is 9.72. The van der Waals surface area contributed by atoms with Crippen LogP contribution in [0.4, 0.5) is 0 Å². The van der Waals surface area contributed by atoms with E-state index in [4.69, 9.17) is 5.73 Å². The fraction of sp³-hybridized carbons (Fsp3) is 0.667. The largest absolute Gasteiger partial charge is 0.336 e. The molecule has 1 aliphatic heterocycles. The highest BCUT2D eigenvalue weighted by Crippen LogP contribution is 2.22. The lowest BCUT2D eigenvalue weighted by Crippen LogP contribution is -2.38. The average molecular weight is 318 g/mol. The molecule has 1 fully saturated rings. The number of carbonyl (C=O) groups is 1. The van der Waals surface area contributed by atoms with E-state index in [-0.39, 0.29) is 11.9 Å². The fourth-order valence-electron chi connectivity index (χ4n) is 1.85. The molecule has 1 amide bonds. The van der Waals surface area contributed by atoms with Gasteiger partial charge in [0, 0.05) is 30.0 Å². The standard InChI is InChI=1S/C12H19N3OS3/c1-17-5-2-9(13)11-14-10(8-19-11)12(16)15-3-6-18-7-4-15/h8-9H,2-7,13H2,1H3. The molecule has 2 heterocycles. The van der Waals surface area contributed by atoms with Crippen LogP contribution in [0.2, 0.25) is 0 Å². The molecule has 0 aromatic carbocycles. The minimum absolute atomic E-state index is 0.0455. The number of thioether (sulfide) groups is 2. The highest BCUT2D eigenvalue weighted by Gasteiger charge is 2.21. The second-order valence-electron chi connectivity index (χ2n) is 4.36. The number of nitrogens with zero attached hydrogens (tertiary/aromatic N) is 2. The Morgan fingerprint density at radius 3 is 3.00 bits per heavy atom. The van der Waals surface area contributed by atoms with E-state index in [1.807, 2.05) is 22.0 Å². The van der Waals surface area contributed by atoms with E-state index in [0.717, 1.165) is 41.8 Å². The predicted molar refractivity (Wildman–Crippen MR) is 85.3 cm³/mol. The van der Waals surface area contributed by atoms with Gasteiger partial charge in [-0.3, -0.25) is 4.79 Å². The summed E-state index contributed by atoms with van der Waals surface area (Å²) >= 11 is 5.18. The normalized spacial score (nSPS) is 17.5. The molecular formula is C12H19N3OS3. The Labute approximate surface area is 126 Å². The quantitative estimate of drug-likeness (QED) is 0.901. The van der Waals surface area contributed by atoms with Gasteiger partial charge in [-0.2, -0.15) is 23.5 Å². The Morgan fingerprint density at radius 2 is 2.32 bits per heavy atom. The number of rotatable bonds is 5. The summed E-state index contributed by atoms with van der Waals surface area (Å²) < 4.78 is 0. The van der Waals surface area contributed by atoms with Gasteiger partial charge in [0.15, 0.2) is 0 Å². The van der Waals surface area contributed by atoms with Crippen molar-refractivity contribution in [2.45, 2.75) is 12.5 Å². The van der Waals surface area contributed by atoms with Crippen LogP contribution in [0.25, 0.3) is 0 Å². The highest BCUT2D eigenvalue weighted by atomic mass is 32.2. The minimum atomic E-state index is -0.0455. The first-order valence-electron chi connectivity index (χ1n) is 6.29. The third kappa shape index (κ3) is 4.11. The molecular weight excluding hydrogens is 298 g/mol. The number of thiazole rings is 1. The first-order chi connectivity index (χ1) is 9.22. The van der Waals surface area contributed by atoms with Gasteiger partial charge in [-0.15, -0.1) is 11.3 Å². The third-order valence-corrected chi connectivity index (χ3v) is 5.55. The van der Waals surface area contributed by atoms with Crippen molar-refractivity contribution < 1.29 is 4.79 Å². The van der Waals surface area contributed by atoms with Crippen LogP contribution in [-0.2, 0) is 0 Å². The van der Waals surface area contributed by atoms with Crippen LogP contribution < -0.4 is 5.73 Å². The summed E-state index contributed by atoms with van der Waals surface area (Å²) in [5.41, 5.74) is 6.64. The summed E-state index contributed by atoms with van der Waals surface area (Å²) in [5, 5.41) is 2.72. The van der Waals surface area contributed by atoms with E-state index in [1.54, 1.807) is 11.8 Å². The van der Waals surface area contributed by atoms with Gasteiger partial charge in [0.25, 0.3) is 5.91 Å². The number of nitrogens with two attached hydrogens (primary N) is 1. The van der Waals surface area contributed by atoms with Crippen molar-refractivity contribution in [3.63, 3.8) is 0 Å². The number of carbonyl (C=O) groups excluding carboxylic acids is 1. The number of aromatic nitrogens is 1. The zero-order chi connectivity index (χ0) is 13.7. The van der Waals surface area contributed by atoms with Gasteiger partial charge in [-0.25, -0.2) is 4.98 Å². The summed E-state index contributed by atoms with van der Waals surface area (Å²) in [4.78, 5) is 18.6. The molecule has 1 aromatic rings. The van der Waals surface area contributed by atoms with E-state index in [2.05, 4.69) is 11.2 Å². The second kappa shape index (κ2) is 7.52. The van der Waals surface area contributed by atoms with Gasteiger partial charge in [0.05, 0.1) is 6.04 Å². The Hall–Kier alpha value is -0.240. The van der Waals surface area contributed by atoms with E-state index in [9.17, 15) is 4.79 Å². The molecule has 0 saturated carbocycles. The Morgan fingerprint density at radius 1 is 1.58 bits per heavy atom. The van der Waals surface area contributed by atoms with Crippen LogP contribution >= 0.6 is 34.9 Å². The number of amides is 1. The van der Waals surface area contributed by atoms with Gasteiger partial charge < -0.3 is 10.6 Å². The van der Waals surface area contributed by atoms with Crippen molar-refractivity contribution in [2.75, 3.05) is 36.6 Å². The molecule has 19 heavy (non-hydrogen) atoms. The first kappa shape index (κ1) is 15.2. The maximum atomic E-state index is 12.3. The van der Waals surface area contributed by atoms with E-state index >= 15 is 0 Å². The zero-order valence-corrected chi connectivity index (χ0v) is 13.5. The van der Waals surface area contributed by atoms with Crippen LogP contribution in [0.1, 0.15) is 28.0 Å². The second-order valence-corrected chi connectivity index (χ2v) is 7.46. The Kier molecular flexibility index (Phi) is 6.00. The Bertz CT molecular complexity index is 418. The molecule has 0 spiro atoms. The predicted octanol–water partition coefficient (Wildman–Crippen LogP) is 2.08. The van der Waals surface area contributed by atoms with Crippen molar-refractivity contribution in [1.29, 1.82) is 0 Å². The van der Waals surface area contributed by atoms with E-state index in [1.165, 1.54) is 11.3 Å². The maximum absolute atomic E-state index is 12.3. The van der Waals surface area contributed by atoms with Crippen molar-refractivity contribution >= 4 is 40.8 Å². The topological polar surface area (TPSA) is 59.2 Å². The van der Waals surface area contributed by atoms with Gasteiger partial charge in [-0.05, 0) is 18.4 Å². The SMILES string of the molecule is CSCCC(N)c1nc(C(=O)N2CCSCC2)cs1. The molecule has 1 saturated heterocycles. The Balaban J connectivity index is 1.97. The maximum Gasteiger partial charge on any atom is 0.273 e. The molecule has 0 aliphatic carbocycles. The van der Waals surface area contributed by atoms with E-state index in [0.29, 0.717) is 5.69 Å². The number of hydrogen-bond acceptors (Lipinski definition) is 6. The van der Waals surface area contributed by atoms with Gasteiger partial charge in [0.2, 0.25) is 0 Å². The summed E-state index contributed by atoms with van der Waals surface area (Å²) in [7, 11) is 0. The van der Waals surface area contributed by atoms with Gasteiger partial charge in [-0.1, -0.05) is 0 Å². The lowest BCUT2D eigenvalue weighted by atomic mass is 10.2. The monoisotopic (exact) mass is 317 g/mol. The van der Waals surface area contributed by atoms with Crippen molar-refractivity contribution in [3.8, 4) is 0 Å². The molecule has 1 aliphatic rings. The molecule has 7 heteroatoms. The summed E-state index contributed by atoms with van der Waals surface area (Å²) in [6, 6.07) is -0.0455. The summed E-state index contributed by atoms with van der Waals surface area (Å²) in [6.45, 7) is 1.66. The molecule has 2 rings (SSSR count). The fourth-order valence-corrected chi connectivity index (χ4v) is 4.08. The molecule has 0 radical (unpaired) electrons. The van der Waals surface area contributed by atoms with Crippen LogP contribution in [0.5, 0.6) is 0 Å². The van der Waals surface area contributed by atoms with Crippen molar-refractivity contribution in [2.24, 2.45) is 5.73 Å². The molecule has 0 bridgehead atoms. The molecule has 106 valence electrons. The zero-order valence-electron chi connectivity index (χ0n) is 11.0. The molecule has 1 unspecified atom stereocenters.